The van der Waals surface area contributed by atoms with Crippen molar-refractivity contribution >= 4 is 27.9 Å². The van der Waals surface area contributed by atoms with Crippen LogP contribution in [-0.4, -0.2) is 46.6 Å². The first-order valence-electron chi connectivity index (χ1n) is 9.49. The van der Waals surface area contributed by atoms with E-state index in [1.807, 2.05) is 13.8 Å². The topological polar surface area (TPSA) is 87.3 Å². The normalized spacial score (nSPS) is 18.0. The minimum Gasteiger partial charge on any atom is -0.467 e. The Hall–Kier alpha value is -2.42. The third kappa shape index (κ3) is 4.29. The number of carbonyl (C=O) groups is 2. The Labute approximate surface area is 177 Å². The maximum Gasteiger partial charge on any atom is 0.328 e. The van der Waals surface area contributed by atoms with Crippen molar-refractivity contribution in [3.05, 3.63) is 51.8 Å². The summed E-state index contributed by atoms with van der Waals surface area (Å²) >= 11 is 3.26. The van der Waals surface area contributed by atoms with Gasteiger partial charge in [-0.1, -0.05) is 42.3 Å². The molecule has 1 aromatic heterocycles. The Bertz CT molecular complexity index is 904. The number of imidazole rings is 1. The van der Waals surface area contributed by atoms with Crippen molar-refractivity contribution in [1.82, 2.24) is 20.2 Å². The fourth-order valence-electron chi connectivity index (χ4n) is 3.55. The summed E-state index contributed by atoms with van der Waals surface area (Å²) in [4.78, 5) is 34.3. The van der Waals surface area contributed by atoms with Crippen molar-refractivity contribution in [3.63, 3.8) is 0 Å². The van der Waals surface area contributed by atoms with Crippen LogP contribution in [0.5, 0.6) is 0 Å². The van der Waals surface area contributed by atoms with E-state index >= 15 is 0 Å². The number of rotatable bonds is 5. The zero-order valence-corrected chi connectivity index (χ0v) is 18.1. The molecule has 2 aromatic rings. The largest absolute Gasteiger partial charge is 0.467 e. The van der Waals surface area contributed by atoms with Crippen molar-refractivity contribution in [2.75, 3.05) is 13.7 Å². The van der Waals surface area contributed by atoms with Crippen LogP contribution in [-0.2, 0) is 16.0 Å². The number of ether oxygens (including phenoxy) is 1. The number of hydrogen-bond acceptors (Lipinski definition) is 4. The van der Waals surface area contributed by atoms with Crippen LogP contribution in [0.3, 0.4) is 0 Å². The molecule has 0 saturated carbocycles. The summed E-state index contributed by atoms with van der Waals surface area (Å²) in [6.07, 6.45) is 2.80. The lowest BCUT2D eigenvalue weighted by molar-refractivity contribution is -0.144. The number of halogens is 2. The van der Waals surface area contributed by atoms with Crippen LogP contribution < -0.4 is 5.32 Å². The van der Waals surface area contributed by atoms with E-state index in [0.717, 1.165) is 5.69 Å². The Kier molecular flexibility index (Phi) is 6.56. The fraction of sp³-hybridized carbons (Fsp3) is 0.450. The summed E-state index contributed by atoms with van der Waals surface area (Å²) in [5.41, 5.74) is 1.81. The third-order valence-electron chi connectivity index (χ3n) is 5.39. The first-order chi connectivity index (χ1) is 13.9. The Morgan fingerprint density at radius 1 is 1.48 bits per heavy atom. The molecule has 0 fully saturated rings. The quantitative estimate of drug-likeness (QED) is 0.659. The zero-order valence-electron chi connectivity index (χ0n) is 16.5. The highest BCUT2D eigenvalue weighted by atomic mass is 79.9. The molecule has 0 unspecified atom stereocenters. The number of aromatic amines is 1. The van der Waals surface area contributed by atoms with Crippen LogP contribution in [0.25, 0.3) is 0 Å². The van der Waals surface area contributed by atoms with Gasteiger partial charge in [-0.05, 0) is 18.1 Å². The van der Waals surface area contributed by atoms with Gasteiger partial charge in [0.1, 0.15) is 17.9 Å². The van der Waals surface area contributed by atoms with Gasteiger partial charge in [-0.15, -0.1) is 0 Å². The number of H-pyrrole nitrogens is 1. The van der Waals surface area contributed by atoms with E-state index in [0.29, 0.717) is 35.1 Å². The fourth-order valence-corrected chi connectivity index (χ4v) is 3.88. The lowest BCUT2D eigenvalue weighted by Crippen LogP contribution is -2.53. The van der Waals surface area contributed by atoms with Crippen LogP contribution in [0, 0.1) is 11.7 Å². The number of urea groups is 1. The molecule has 2 amide bonds. The van der Waals surface area contributed by atoms with E-state index in [2.05, 4.69) is 31.2 Å². The first kappa shape index (κ1) is 21.3. The van der Waals surface area contributed by atoms with Gasteiger partial charge in [0.2, 0.25) is 0 Å². The molecule has 1 aliphatic rings. The molecule has 3 rings (SSSR count). The molecule has 7 nitrogen and oxygen atoms in total. The monoisotopic (exact) mass is 466 g/mol. The summed E-state index contributed by atoms with van der Waals surface area (Å²) in [5, 5.41) is 2.78. The SMILES string of the molecule is CC[C@H](C)[C@@H](NC(=O)N1CCc2[nH]cnc2[C@@H]1c1ccc(Br)cc1F)C(=O)OC. The third-order valence-corrected chi connectivity index (χ3v) is 5.88. The smallest absolute Gasteiger partial charge is 0.328 e. The number of fused-ring (bicyclic) bond motifs is 1. The summed E-state index contributed by atoms with van der Waals surface area (Å²) in [6, 6.07) is 2.79. The number of hydrogen-bond donors (Lipinski definition) is 2. The predicted octanol–water partition coefficient (Wildman–Crippen LogP) is 3.56. The molecule has 3 atom stereocenters. The van der Waals surface area contributed by atoms with Crippen LogP contribution >= 0.6 is 15.9 Å². The molecule has 29 heavy (non-hydrogen) atoms. The van der Waals surface area contributed by atoms with Crippen molar-refractivity contribution < 1.29 is 18.7 Å². The van der Waals surface area contributed by atoms with Crippen LogP contribution in [0.2, 0.25) is 0 Å². The number of nitrogens with one attached hydrogen (secondary N) is 2. The van der Waals surface area contributed by atoms with Gasteiger partial charge in [0, 0.05) is 28.7 Å². The molecule has 0 spiro atoms. The van der Waals surface area contributed by atoms with Crippen LogP contribution in [0.4, 0.5) is 9.18 Å². The highest BCUT2D eigenvalue weighted by Gasteiger charge is 2.37. The molecular formula is C20H24BrFN4O3. The highest BCUT2D eigenvalue weighted by molar-refractivity contribution is 9.10. The molecular weight excluding hydrogens is 443 g/mol. The van der Waals surface area contributed by atoms with Gasteiger partial charge in [0.05, 0.1) is 19.1 Å². The highest BCUT2D eigenvalue weighted by Crippen LogP contribution is 2.35. The second-order valence-electron chi connectivity index (χ2n) is 7.11. The van der Waals surface area contributed by atoms with E-state index in [9.17, 15) is 14.0 Å². The molecule has 1 aromatic carbocycles. The predicted molar refractivity (Wildman–Crippen MR) is 109 cm³/mol. The van der Waals surface area contributed by atoms with Crippen molar-refractivity contribution in [2.45, 2.75) is 38.8 Å². The summed E-state index contributed by atoms with van der Waals surface area (Å²) < 4.78 is 20.3. The van der Waals surface area contributed by atoms with Crippen LogP contribution in [0.1, 0.15) is 43.3 Å². The van der Waals surface area contributed by atoms with Crippen molar-refractivity contribution in [3.8, 4) is 0 Å². The Morgan fingerprint density at radius 2 is 2.24 bits per heavy atom. The molecule has 156 valence electrons. The van der Waals surface area contributed by atoms with Crippen molar-refractivity contribution in [2.24, 2.45) is 5.92 Å². The Morgan fingerprint density at radius 3 is 2.90 bits per heavy atom. The second-order valence-corrected chi connectivity index (χ2v) is 8.03. The number of amides is 2. The molecule has 9 heteroatoms. The number of carbonyl (C=O) groups excluding carboxylic acids is 2. The van der Waals surface area contributed by atoms with E-state index < -0.39 is 29.9 Å². The average Bonchev–Trinajstić information content (AvgIpc) is 3.19. The summed E-state index contributed by atoms with van der Waals surface area (Å²) in [6.45, 7) is 4.16. The van der Waals surface area contributed by atoms with Gasteiger partial charge in [-0.2, -0.15) is 0 Å². The van der Waals surface area contributed by atoms with E-state index in [-0.39, 0.29) is 5.92 Å². The first-order valence-corrected chi connectivity index (χ1v) is 10.3. The van der Waals surface area contributed by atoms with E-state index in [1.165, 1.54) is 18.1 Å². The summed E-state index contributed by atoms with van der Waals surface area (Å²) in [5.74, 6) is -1.05. The maximum atomic E-state index is 14.8. The number of nitrogens with zero attached hydrogens (tertiary/aromatic N) is 2. The Balaban J connectivity index is 1.96. The molecule has 2 heterocycles. The lowest BCUT2D eigenvalue weighted by atomic mass is 9.95. The van der Waals surface area contributed by atoms with E-state index in [1.54, 1.807) is 18.5 Å². The number of aromatic nitrogens is 2. The maximum absolute atomic E-state index is 14.8. The molecule has 2 N–H and O–H groups in total. The van der Waals surface area contributed by atoms with Gasteiger partial charge in [0.25, 0.3) is 0 Å². The molecule has 0 saturated heterocycles. The zero-order chi connectivity index (χ0) is 21.1. The minimum atomic E-state index is -0.784. The van der Waals surface area contributed by atoms with Gasteiger partial charge < -0.3 is 19.9 Å². The van der Waals surface area contributed by atoms with Gasteiger partial charge >= 0.3 is 12.0 Å². The van der Waals surface area contributed by atoms with E-state index in [4.69, 9.17) is 4.74 Å². The van der Waals surface area contributed by atoms with Crippen molar-refractivity contribution in [1.29, 1.82) is 0 Å². The molecule has 0 radical (unpaired) electrons. The standard InChI is InChI=1S/C20H24BrFN4O3/c1-4-11(2)16(19(27)29-3)25-20(28)26-8-7-15-17(24-10-23-15)18(26)13-6-5-12(21)9-14(13)22/h5-6,9-11,16,18H,4,7-8H2,1-3H3,(H,23,24)(H,25,28)/t11-,16+,18-/m0/s1. The van der Waals surface area contributed by atoms with Crippen LogP contribution in [0.15, 0.2) is 29.0 Å². The van der Waals surface area contributed by atoms with Gasteiger partial charge in [0.15, 0.2) is 0 Å². The minimum absolute atomic E-state index is 0.111. The van der Waals surface area contributed by atoms with Gasteiger partial charge in [-0.25, -0.2) is 19.0 Å². The number of esters is 1. The lowest BCUT2D eigenvalue weighted by Gasteiger charge is -2.36. The number of methoxy groups -OCH3 is 1. The molecule has 1 aliphatic heterocycles. The number of benzene rings is 1. The average molecular weight is 467 g/mol. The summed E-state index contributed by atoms with van der Waals surface area (Å²) in [7, 11) is 1.29. The van der Waals surface area contributed by atoms with Gasteiger partial charge in [-0.3, -0.25) is 0 Å². The second kappa shape index (κ2) is 8.94. The molecule has 0 aliphatic carbocycles. The molecule has 0 bridgehead atoms.